The maximum Gasteiger partial charge on any atom is 0.245 e. The molecule has 0 heterocycles. The molecule has 1 amide bonds. The van der Waals surface area contributed by atoms with E-state index in [9.17, 15) is 4.79 Å². The van der Waals surface area contributed by atoms with Crippen molar-refractivity contribution in [3.05, 3.63) is 102 Å². The van der Waals surface area contributed by atoms with Crippen LogP contribution in [0.5, 0.6) is 0 Å². The van der Waals surface area contributed by atoms with Crippen LogP contribution < -0.4 is 4.90 Å². The molecule has 0 aliphatic rings. The molecule has 0 radical (unpaired) electrons. The van der Waals surface area contributed by atoms with Crippen molar-refractivity contribution in [1.29, 1.82) is 0 Å². The van der Waals surface area contributed by atoms with E-state index >= 15 is 0 Å². The highest BCUT2D eigenvalue weighted by molar-refractivity contribution is 9.09. The molecule has 0 saturated carbocycles. The quantitative estimate of drug-likeness (QED) is 0.546. The van der Waals surface area contributed by atoms with Crippen LogP contribution in [0.15, 0.2) is 91.0 Å². The van der Waals surface area contributed by atoms with Crippen LogP contribution in [0, 0.1) is 0 Å². The number of hydrogen-bond acceptors (Lipinski definition) is 1. The van der Waals surface area contributed by atoms with Gasteiger partial charge in [-0.2, -0.15) is 0 Å². The zero-order valence-corrected chi connectivity index (χ0v) is 14.8. The Hall–Kier alpha value is -2.39. The van der Waals surface area contributed by atoms with Crippen molar-refractivity contribution in [3.63, 3.8) is 0 Å². The molecule has 0 fully saturated rings. The number of para-hydroxylation sites is 1. The minimum atomic E-state index is -0.373. The highest BCUT2D eigenvalue weighted by atomic mass is 79.9. The summed E-state index contributed by atoms with van der Waals surface area (Å²) in [4.78, 5) is 14.6. The van der Waals surface area contributed by atoms with Gasteiger partial charge in [-0.1, -0.05) is 94.8 Å². The summed E-state index contributed by atoms with van der Waals surface area (Å²) < 4.78 is 0. The summed E-state index contributed by atoms with van der Waals surface area (Å²) in [5.74, 6) is 0.0243. The number of halogens is 1. The lowest BCUT2D eigenvalue weighted by Crippen LogP contribution is -2.33. The fourth-order valence-electron chi connectivity index (χ4n) is 2.57. The van der Waals surface area contributed by atoms with Crippen LogP contribution >= 0.6 is 15.9 Å². The van der Waals surface area contributed by atoms with Crippen LogP contribution in [0.4, 0.5) is 5.69 Å². The molecule has 0 aliphatic carbocycles. The van der Waals surface area contributed by atoms with Crippen molar-refractivity contribution in [2.24, 2.45) is 0 Å². The van der Waals surface area contributed by atoms with Crippen molar-refractivity contribution in [2.45, 2.75) is 11.4 Å². The van der Waals surface area contributed by atoms with Gasteiger partial charge in [-0.25, -0.2) is 0 Å². The molecule has 0 bridgehead atoms. The largest absolute Gasteiger partial charge is 0.307 e. The van der Waals surface area contributed by atoms with Crippen molar-refractivity contribution in [1.82, 2.24) is 0 Å². The van der Waals surface area contributed by atoms with E-state index in [0.29, 0.717) is 6.54 Å². The van der Waals surface area contributed by atoms with Crippen LogP contribution in [0.1, 0.15) is 16.0 Å². The summed E-state index contributed by atoms with van der Waals surface area (Å²) in [5.41, 5.74) is 2.95. The normalized spacial score (nSPS) is 11.7. The Morgan fingerprint density at radius 2 is 1.29 bits per heavy atom. The zero-order chi connectivity index (χ0) is 16.8. The maximum atomic E-state index is 13.1. The van der Waals surface area contributed by atoms with Gasteiger partial charge >= 0.3 is 0 Å². The van der Waals surface area contributed by atoms with Gasteiger partial charge in [0, 0.05) is 5.69 Å². The number of rotatable bonds is 5. The first kappa shape index (κ1) is 16.5. The average molecular weight is 380 g/mol. The van der Waals surface area contributed by atoms with Crippen LogP contribution in [0.25, 0.3) is 0 Å². The zero-order valence-electron chi connectivity index (χ0n) is 13.2. The first-order valence-electron chi connectivity index (χ1n) is 7.85. The van der Waals surface area contributed by atoms with Gasteiger partial charge in [0.1, 0.15) is 4.83 Å². The van der Waals surface area contributed by atoms with E-state index in [2.05, 4.69) is 15.9 Å². The van der Waals surface area contributed by atoms with Gasteiger partial charge in [-0.05, 0) is 23.3 Å². The number of carbonyl (C=O) groups excluding carboxylic acids is 1. The first-order chi connectivity index (χ1) is 11.8. The molecular formula is C21H18BrNO. The summed E-state index contributed by atoms with van der Waals surface area (Å²) in [6.45, 7) is 0.540. The molecule has 0 N–H and O–H groups in total. The summed E-state index contributed by atoms with van der Waals surface area (Å²) in [6, 6.07) is 29.6. The van der Waals surface area contributed by atoms with Crippen molar-refractivity contribution < 1.29 is 4.79 Å². The second kappa shape index (κ2) is 7.93. The Kier molecular flexibility index (Phi) is 5.44. The minimum Gasteiger partial charge on any atom is -0.307 e. The van der Waals surface area contributed by atoms with Gasteiger partial charge in [-0.3, -0.25) is 4.79 Å². The molecule has 1 atom stereocenters. The minimum absolute atomic E-state index is 0.0243. The van der Waals surface area contributed by atoms with Gasteiger partial charge < -0.3 is 4.90 Å². The second-order valence-electron chi connectivity index (χ2n) is 5.52. The lowest BCUT2D eigenvalue weighted by atomic mass is 10.1. The highest BCUT2D eigenvalue weighted by Gasteiger charge is 2.24. The van der Waals surface area contributed by atoms with Crippen LogP contribution in [0.3, 0.4) is 0 Å². The topological polar surface area (TPSA) is 20.3 Å². The van der Waals surface area contributed by atoms with Gasteiger partial charge in [0.25, 0.3) is 0 Å². The lowest BCUT2D eigenvalue weighted by molar-refractivity contribution is -0.118. The molecule has 3 heteroatoms. The van der Waals surface area contributed by atoms with E-state index < -0.39 is 0 Å². The van der Waals surface area contributed by atoms with Gasteiger partial charge in [0.05, 0.1) is 6.54 Å². The number of alkyl halides is 1. The Morgan fingerprint density at radius 1 is 0.792 bits per heavy atom. The van der Waals surface area contributed by atoms with Crippen LogP contribution in [0.2, 0.25) is 0 Å². The van der Waals surface area contributed by atoms with Crippen molar-refractivity contribution in [2.75, 3.05) is 4.90 Å². The summed E-state index contributed by atoms with van der Waals surface area (Å²) >= 11 is 3.57. The SMILES string of the molecule is O=C(C(Br)c1ccccc1)N(Cc1ccccc1)c1ccccc1. The molecule has 2 nitrogen and oxygen atoms in total. The molecule has 120 valence electrons. The number of benzene rings is 3. The summed E-state index contributed by atoms with van der Waals surface area (Å²) in [6.07, 6.45) is 0. The van der Waals surface area contributed by atoms with Crippen molar-refractivity contribution >= 4 is 27.5 Å². The molecule has 0 saturated heterocycles. The van der Waals surface area contributed by atoms with E-state index in [1.54, 1.807) is 0 Å². The molecule has 3 aromatic rings. The summed E-state index contributed by atoms with van der Waals surface area (Å²) in [7, 11) is 0. The molecule has 0 aromatic heterocycles. The maximum absolute atomic E-state index is 13.1. The fraction of sp³-hybridized carbons (Fsp3) is 0.0952. The molecule has 0 spiro atoms. The van der Waals surface area contributed by atoms with E-state index in [-0.39, 0.29) is 10.7 Å². The third-order valence-electron chi connectivity index (χ3n) is 3.83. The molecule has 1 unspecified atom stereocenters. The van der Waals surface area contributed by atoms with Gasteiger partial charge in [0.2, 0.25) is 5.91 Å². The molecular weight excluding hydrogens is 362 g/mol. The second-order valence-corrected chi connectivity index (χ2v) is 6.43. The standard InChI is InChI=1S/C21H18BrNO/c22-20(18-12-6-2-7-13-18)21(24)23(19-14-8-3-9-15-19)16-17-10-4-1-5-11-17/h1-15,20H,16H2. The van der Waals surface area contributed by atoms with Gasteiger partial charge in [-0.15, -0.1) is 0 Å². The Bertz CT molecular complexity index is 775. The third kappa shape index (κ3) is 3.92. The Labute approximate surface area is 150 Å². The van der Waals surface area contributed by atoms with E-state index in [4.69, 9.17) is 0 Å². The number of nitrogens with zero attached hydrogens (tertiary/aromatic N) is 1. The first-order valence-corrected chi connectivity index (χ1v) is 8.76. The predicted molar refractivity (Wildman–Crippen MR) is 102 cm³/mol. The molecule has 3 aromatic carbocycles. The smallest absolute Gasteiger partial charge is 0.245 e. The molecule has 0 aliphatic heterocycles. The summed E-state index contributed by atoms with van der Waals surface area (Å²) in [5, 5.41) is 0. The molecule has 3 rings (SSSR count). The van der Waals surface area contributed by atoms with Crippen LogP contribution in [-0.4, -0.2) is 5.91 Å². The monoisotopic (exact) mass is 379 g/mol. The molecule has 24 heavy (non-hydrogen) atoms. The predicted octanol–water partition coefficient (Wildman–Crippen LogP) is 5.36. The van der Waals surface area contributed by atoms with Gasteiger partial charge in [0.15, 0.2) is 0 Å². The van der Waals surface area contributed by atoms with E-state index in [1.165, 1.54) is 0 Å². The average Bonchev–Trinajstić information content (AvgIpc) is 2.67. The number of hydrogen-bond donors (Lipinski definition) is 0. The number of anilines is 1. The lowest BCUT2D eigenvalue weighted by Gasteiger charge is -2.25. The fourth-order valence-corrected chi connectivity index (χ4v) is 3.12. The number of carbonyl (C=O) groups is 1. The Balaban J connectivity index is 1.91. The van der Waals surface area contributed by atoms with Crippen LogP contribution in [-0.2, 0) is 11.3 Å². The number of amides is 1. The van der Waals surface area contributed by atoms with E-state index in [1.807, 2.05) is 95.9 Å². The Morgan fingerprint density at radius 3 is 1.88 bits per heavy atom. The highest BCUT2D eigenvalue weighted by Crippen LogP contribution is 2.28. The van der Waals surface area contributed by atoms with Crippen molar-refractivity contribution in [3.8, 4) is 0 Å². The third-order valence-corrected chi connectivity index (χ3v) is 4.75. The van der Waals surface area contributed by atoms with E-state index in [0.717, 1.165) is 16.8 Å².